The Kier molecular flexibility index (Phi) is 11.6. The van der Waals surface area contributed by atoms with Gasteiger partial charge in [-0.15, -0.1) is 17.0 Å². The fourth-order valence-corrected chi connectivity index (χ4v) is 1.08. The molecule has 0 saturated heterocycles. The van der Waals surface area contributed by atoms with E-state index in [2.05, 4.69) is 12.0 Å². The van der Waals surface area contributed by atoms with Gasteiger partial charge in [0.1, 0.15) is 0 Å². The van der Waals surface area contributed by atoms with Crippen LogP contribution in [0, 0.1) is 0 Å². The summed E-state index contributed by atoms with van der Waals surface area (Å²) >= 11 is 1.50. The number of hydrazone groups is 1. The Bertz CT molecular complexity index is 96.9. The van der Waals surface area contributed by atoms with Crippen molar-refractivity contribution in [2.75, 3.05) is 5.75 Å². The molecule has 5 heteroatoms. The molecule has 0 spiro atoms. The fourth-order valence-electron chi connectivity index (χ4n) is 0.358. The second kappa shape index (κ2) is 9.10. The lowest BCUT2D eigenvalue weighted by Crippen LogP contribution is -2.09. The molecule has 10 heavy (non-hydrogen) atoms. The molecule has 0 rings (SSSR count). The van der Waals surface area contributed by atoms with Gasteiger partial charge in [-0.25, -0.2) is 0 Å². The van der Waals surface area contributed by atoms with Crippen LogP contribution in [-0.4, -0.2) is 10.9 Å². The number of thioether (sulfide) groups is 1. The van der Waals surface area contributed by atoms with Gasteiger partial charge in [0.05, 0.1) is 0 Å². The highest BCUT2D eigenvalue weighted by atomic mass is 79.9. The Hall–Kier alpha value is 0.1000. The van der Waals surface area contributed by atoms with Crippen molar-refractivity contribution in [1.29, 1.82) is 0 Å². The van der Waals surface area contributed by atoms with Gasteiger partial charge in [-0.3, -0.25) is 0 Å². The van der Waals surface area contributed by atoms with E-state index in [-0.39, 0.29) is 17.0 Å². The number of rotatable bonds is 3. The SMILES string of the molecule is Br.CCCCSC(N)=NN. The van der Waals surface area contributed by atoms with E-state index < -0.39 is 0 Å². The lowest BCUT2D eigenvalue weighted by molar-refractivity contribution is 0.898. The predicted octanol–water partition coefficient (Wildman–Crippen LogP) is 1.29. The van der Waals surface area contributed by atoms with Gasteiger partial charge in [-0.1, -0.05) is 25.1 Å². The van der Waals surface area contributed by atoms with E-state index in [0.717, 1.165) is 5.75 Å². The van der Waals surface area contributed by atoms with Crippen LogP contribution in [0.15, 0.2) is 5.10 Å². The second-order valence-corrected chi connectivity index (χ2v) is 2.78. The molecule has 0 atom stereocenters. The molecule has 0 aromatic rings. The van der Waals surface area contributed by atoms with E-state index in [4.69, 9.17) is 11.6 Å². The minimum absolute atomic E-state index is 0. The van der Waals surface area contributed by atoms with Gasteiger partial charge in [0, 0.05) is 5.75 Å². The van der Waals surface area contributed by atoms with Crippen molar-refractivity contribution in [3.8, 4) is 0 Å². The maximum atomic E-state index is 5.30. The number of unbranched alkanes of at least 4 members (excludes halogenated alkanes) is 1. The maximum absolute atomic E-state index is 5.30. The molecule has 0 aliphatic heterocycles. The number of hydrogen-bond acceptors (Lipinski definition) is 3. The molecular formula is C5H14BrN3S. The third-order valence-electron chi connectivity index (χ3n) is 0.875. The molecule has 62 valence electrons. The average molecular weight is 228 g/mol. The molecule has 3 nitrogen and oxygen atoms in total. The van der Waals surface area contributed by atoms with Crippen molar-refractivity contribution in [1.82, 2.24) is 0 Å². The standard InChI is InChI=1S/C5H13N3S.BrH/c1-2-3-4-9-5(6)8-7;/h2-4,7H2,1H3,(H2,6,8);1H. The van der Waals surface area contributed by atoms with Gasteiger partial charge in [-0.2, -0.15) is 5.10 Å². The van der Waals surface area contributed by atoms with E-state index in [1.54, 1.807) is 0 Å². The third-order valence-corrected chi connectivity index (χ3v) is 1.77. The number of amidine groups is 1. The molecule has 0 fully saturated rings. The number of nitrogens with zero attached hydrogens (tertiary/aromatic N) is 1. The molecular weight excluding hydrogens is 214 g/mol. The van der Waals surface area contributed by atoms with E-state index in [1.165, 1.54) is 24.6 Å². The highest BCUT2D eigenvalue weighted by molar-refractivity contribution is 8.93. The van der Waals surface area contributed by atoms with Crippen molar-refractivity contribution in [2.45, 2.75) is 19.8 Å². The van der Waals surface area contributed by atoms with E-state index in [1.807, 2.05) is 0 Å². The van der Waals surface area contributed by atoms with Crippen LogP contribution >= 0.6 is 28.7 Å². The first-order valence-corrected chi connectivity index (χ1v) is 3.96. The summed E-state index contributed by atoms with van der Waals surface area (Å²) in [5.74, 6) is 5.91. The second-order valence-electron chi connectivity index (χ2n) is 1.67. The fraction of sp³-hybridized carbons (Fsp3) is 0.800. The van der Waals surface area contributed by atoms with Crippen molar-refractivity contribution < 1.29 is 0 Å². The first kappa shape index (κ1) is 12.7. The quantitative estimate of drug-likeness (QED) is 0.251. The summed E-state index contributed by atoms with van der Waals surface area (Å²) in [5, 5.41) is 3.79. The Balaban J connectivity index is 0. The average Bonchev–Trinajstić information content (AvgIpc) is 1.89. The van der Waals surface area contributed by atoms with Crippen LogP contribution in [0.1, 0.15) is 19.8 Å². The third kappa shape index (κ3) is 8.10. The highest BCUT2D eigenvalue weighted by Crippen LogP contribution is 2.02. The van der Waals surface area contributed by atoms with Gasteiger partial charge < -0.3 is 11.6 Å². The summed E-state index contributed by atoms with van der Waals surface area (Å²) in [6.07, 6.45) is 2.35. The molecule has 0 radical (unpaired) electrons. The van der Waals surface area contributed by atoms with Gasteiger partial charge in [-0.05, 0) is 6.42 Å². The van der Waals surface area contributed by atoms with Gasteiger partial charge in [0.25, 0.3) is 0 Å². The van der Waals surface area contributed by atoms with Crippen LogP contribution in [0.3, 0.4) is 0 Å². The lowest BCUT2D eigenvalue weighted by atomic mass is 10.4. The minimum atomic E-state index is 0. The van der Waals surface area contributed by atoms with Gasteiger partial charge >= 0.3 is 0 Å². The maximum Gasteiger partial charge on any atom is 0.177 e. The van der Waals surface area contributed by atoms with Gasteiger partial charge in [0.2, 0.25) is 0 Å². The Morgan fingerprint density at radius 1 is 1.60 bits per heavy atom. The van der Waals surface area contributed by atoms with Crippen molar-refractivity contribution in [3.63, 3.8) is 0 Å². The molecule has 0 aromatic carbocycles. The van der Waals surface area contributed by atoms with E-state index in [0.29, 0.717) is 5.17 Å². The molecule has 0 bridgehead atoms. The zero-order valence-corrected chi connectivity index (χ0v) is 8.57. The van der Waals surface area contributed by atoms with Crippen LogP contribution in [-0.2, 0) is 0 Å². The molecule has 0 saturated carbocycles. The Morgan fingerprint density at radius 3 is 2.60 bits per heavy atom. The highest BCUT2D eigenvalue weighted by Gasteiger charge is 1.89. The molecule has 0 heterocycles. The van der Waals surface area contributed by atoms with Crippen molar-refractivity contribution in [3.05, 3.63) is 0 Å². The van der Waals surface area contributed by atoms with Crippen LogP contribution in [0.4, 0.5) is 0 Å². The molecule has 0 aromatic heterocycles. The Labute approximate surface area is 76.4 Å². The first-order valence-electron chi connectivity index (χ1n) is 2.97. The molecule has 4 N–H and O–H groups in total. The zero-order valence-electron chi connectivity index (χ0n) is 6.04. The van der Waals surface area contributed by atoms with E-state index >= 15 is 0 Å². The van der Waals surface area contributed by atoms with Crippen molar-refractivity contribution in [2.24, 2.45) is 16.7 Å². The summed E-state index contributed by atoms with van der Waals surface area (Å²) in [6.45, 7) is 2.14. The van der Waals surface area contributed by atoms with Crippen LogP contribution in [0.2, 0.25) is 0 Å². The first-order chi connectivity index (χ1) is 4.31. The molecule has 0 amide bonds. The number of halogens is 1. The van der Waals surface area contributed by atoms with Crippen LogP contribution in [0.25, 0.3) is 0 Å². The normalized spacial score (nSPS) is 10.7. The van der Waals surface area contributed by atoms with Crippen LogP contribution in [0.5, 0.6) is 0 Å². The summed E-state index contributed by atoms with van der Waals surface area (Å²) in [7, 11) is 0. The lowest BCUT2D eigenvalue weighted by Gasteiger charge is -1.95. The monoisotopic (exact) mass is 227 g/mol. The molecule has 0 aliphatic rings. The summed E-state index contributed by atoms with van der Waals surface area (Å²) < 4.78 is 0. The summed E-state index contributed by atoms with van der Waals surface area (Å²) in [6, 6.07) is 0. The smallest absolute Gasteiger partial charge is 0.177 e. The summed E-state index contributed by atoms with van der Waals surface area (Å²) in [4.78, 5) is 0. The molecule has 0 aliphatic carbocycles. The minimum Gasteiger partial charge on any atom is -0.377 e. The summed E-state index contributed by atoms with van der Waals surface area (Å²) in [5.41, 5.74) is 5.30. The predicted molar refractivity (Wildman–Crippen MR) is 53.5 cm³/mol. The van der Waals surface area contributed by atoms with E-state index in [9.17, 15) is 0 Å². The largest absolute Gasteiger partial charge is 0.377 e. The Morgan fingerprint density at radius 2 is 2.20 bits per heavy atom. The molecule has 0 unspecified atom stereocenters. The van der Waals surface area contributed by atoms with Gasteiger partial charge in [0.15, 0.2) is 5.17 Å². The zero-order chi connectivity index (χ0) is 7.11. The number of hydrogen-bond donors (Lipinski definition) is 2. The number of nitrogens with two attached hydrogens (primary N) is 2. The van der Waals surface area contributed by atoms with Crippen molar-refractivity contribution >= 4 is 33.9 Å². The topological polar surface area (TPSA) is 64.4 Å². The van der Waals surface area contributed by atoms with Crippen LogP contribution < -0.4 is 11.6 Å².